The zero-order valence-electron chi connectivity index (χ0n) is 30.2. The van der Waals surface area contributed by atoms with Crippen molar-refractivity contribution in [3.8, 4) is 16.9 Å². The highest BCUT2D eigenvalue weighted by molar-refractivity contribution is 6.74. The van der Waals surface area contributed by atoms with Crippen LogP contribution in [0.1, 0.15) is 57.6 Å². The van der Waals surface area contributed by atoms with E-state index in [1.54, 1.807) is 13.2 Å². The van der Waals surface area contributed by atoms with Gasteiger partial charge in [-0.3, -0.25) is 15.0 Å². The van der Waals surface area contributed by atoms with E-state index in [-0.39, 0.29) is 29.3 Å². The Kier molecular flexibility index (Phi) is 10.7. The first-order chi connectivity index (χ1) is 23.7. The molecule has 2 amide bonds. The van der Waals surface area contributed by atoms with Crippen LogP contribution in [-0.2, 0) is 31.7 Å². The van der Waals surface area contributed by atoms with E-state index in [9.17, 15) is 9.59 Å². The summed E-state index contributed by atoms with van der Waals surface area (Å²) in [7, 11) is 1.77. The first-order valence-corrected chi connectivity index (χ1v) is 20.9. The fourth-order valence-electron chi connectivity index (χ4n) is 6.94. The third-order valence-electron chi connectivity index (χ3n) is 11.0. The van der Waals surface area contributed by atoms with Crippen LogP contribution < -0.4 is 15.4 Å². The van der Waals surface area contributed by atoms with Gasteiger partial charge in [0.15, 0.2) is 8.32 Å². The van der Waals surface area contributed by atoms with Crippen LogP contribution >= 0.6 is 11.6 Å². The van der Waals surface area contributed by atoms with Gasteiger partial charge in [-0.2, -0.15) is 0 Å². The molecule has 3 aliphatic rings. The lowest BCUT2D eigenvalue weighted by Crippen LogP contribution is -2.48. The topological polar surface area (TPSA) is 102 Å². The lowest BCUT2D eigenvalue weighted by atomic mass is 9.99. The lowest BCUT2D eigenvalue weighted by Gasteiger charge is -2.37. The molecule has 2 bridgehead atoms. The normalized spacial score (nSPS) is 22.8. The smallest absolute Gasteiger partial charge is 0.411 e. The van der Waals surface area contributed by atoms with Crippen LogP contribution in [0.3, 0.4) is 0 Å². The Hall–Kier alpha value is -3.41. The van der Waals surface area contributed by atoms with E-state index in [0.717, 1.165) is 35.1 Å². The van der Waals surface area contributed by atoms with Gasteiger partial charge in [0.05, 0.1) is 30.1 Å². The summed E-state index contributed by atoms with van der Waals surface area (Å²) in [6, 6.07) is 20.2. The van der Waals surface area contributed by atoms with Gasteiger partial charge < -0.3 is 24.0 Å². The SMILES string of the molecule is COc1cc(NC(=O)CCCc2ccc(-c3ccccc3)c(NC(=O)O[C@@H]3C[C@@H]4[C@H]5O[C@H]5[C@H](C3)N4C)c2)c(Cl)cc1CO[Si](C)(C)C(C)(C)C. The number of aryl methyl sites for hydroxylation is 1. The van der Waals surface area contributed by atoms with Crippen molar-refractivity contribution in [3.05, 3.63) is 76.8 Å². The van der Waals surface area contributed by atoms with Crippen molar-refractivity contribution in [2.24, 2.45) is 0 Å². The summed E-state index contributed by atoms with van der Waals surface area (Å²) >= 11 is 6.62. The molecule has 0 aliphatic carbocycles. The molecule has 0 radical (unpaired) electrons. The summed E-state index contributed by atoms with van der Waals surface area (Å²) in [6.07, 6.45) is 3.08. The Morgan fingerprint density at radius 3 is 2.34 bits per heavy atom. The van der Waals surface area contributed by atoms with Gasteiger partial charge in [0, 0.05) is 48.5 Å². The average molecular weight is 720 g/mol. The predicted octanol–water partition coefficient (Wildman–Crippen LogP) is 8.66. The van der Waals surface area contributed by atoms with E-state index in [1.165, 1.54) is 0 Å². The highest BCUT2D eigenvalue weighted by Crippen LogP contribution is 2.48. The summed E-state index contributed by atoms with van der Waals surface area (Å²) in [6.45, 7) is 11.4. The molecule has 3 heterocycles. The number of ether oxygens (including phenoxy) is 3. The van der Waals surface area contributed by atoms with Crippen LogP contribution in [0.5, 0.6) is 5.75 Å². The maximum Gasteiger partial charge on any atom is 0.411 e. The highest BCUT2D eigenvalue weighted by atomic mass is 35.5. The molecule has 9 nitrogen and oxygen atoms in total. The molecular formula is C39H50ClN3O6Si. The monoisotopic (exact) mass is 719 g/mol. The van der Waals surface area contributed by atoms with Gasteiger partial charge in [-0.05, 0) is 61.3 Å². The maximum absolute atomic E-state index is 13.2. The number of morpholine rings is 1. The molecule has 3 fully saturated rings. The van der Waals surface area contributed by atoms with E-state index in [0.29, 0.717) is 60.1 Å². The summed E-state index contributed by atoms with van der Waals surface area (Å²) in [5.41, 5.74) is 4.94. The fraction of sp³-hybridized carbons (Fsp3) is 0.487. The van der Waals surface area contributed by atoms with Gasteiger partial charge in [0.25, 0.3) is 0 Å². The zero-order valence-corrected chi connectivity index (χ0v) is 31.9. The van der Waals surface area contributed by atoms with Gasteiger partial charge in [0.1, 0.15) is 24.1 Å². The number of anilines is 2. The van der Waals surface area contributed by atoms with Gasteiger partial charge in [-0.25, -0.2) is 4.79 Å². The third-order valence-corrected chi connectivity index (χ3v) is 15.8. The van der Waals surface area contributed by atoms with Gasteiger partial charge >= 0.3 is 6.09 Å². The number of epoxide rings is 1. The minimum atomic E-state index is -1.97. The summed E-state index contributed by atoms with van der Waals surface area (Å²) in [5.74, 6) is 0.478. The molecular weight excluding hydrogens is 670 g/mol. The predicted molar refractivity (Wildman–Crippen MR) is 201 cm³/mol. The van der Waals surface area contributed by atoms with Crippen molar-refractivity contribution in [1.29, 1.82) is 0 Å². The van der Waals surface area contributed by atoms with E-state index in [1.807, 2.05) is 54.6 Å². The Morgan fingerprint density at radius 1 is 0.980 bits per heavy atom. The van der Waals surface area contributed by atoms with Crippen LogP contribution in [0.15, 0.2) is 60.7 Å². The number of methoxy groups -OCH3 is 1. The first kappa shape index (κ1) is 36.4. The molecule has 3 aromatic carbocycles. The number of carbonyl (C=O) groups is 2. The van der Waals surface area contributed by atoms with Crippen molar-refractivity contribution in [2.45, 2.75) is 108 Å². The standard InChI is InChI=1S/C39H50ClN3O6Si/c1-39(2,3)50(6,7)47-23-26-19-29(40)31(22-34(26)46-5)41-35(44)15-11-12-24-16-17-28(25-13-9-8-10-14-25)30(18-24)42-38(45)48-27-20-32-36-37(49-36)33(21-27)43(32)4/h8-10,13-14,16-19,22,27,32-33,36-37H,11-12,15,20-21,23H2,1-7H3,(H,41,44)(H,42,45)/t27-,32-,33+,36-,37+. The van der Waals surface area contributed by atoms with E-state index >= 15 is 0 Å². The summed E-state index contributed by atoms with van der Waals surface area (Å²) in [4.78, 5) is 28.6. The van der Waals surface area contributed by atoms with E-state index in [4.69, 9.17) is 30.2 Å². The van der Waals surface area contributed by atoms with Crippen molar-refractivity contribution >= 4 is 43.3 Å². The van der Waals surface area contributed by atoms with Crippen LogP contribution in [0.4, 0.5) is 16.2 Å². The molecule has 3 aliphatic heterocycles. The molecule has 5 atom stereocenters. The third kappa shape index (κ3) is 8.05. The Balaban J connectivity index is 1.06. The molecule has 50 heavy (non-hydrogen) atoms. The molecule has 2 N–H and O–H groups in total. The Bertz CT molecular complexity index is 1700. The largest absolute Gasteiger partial charge is 0.496 e. The van der Waals surface area contributed by atoms with Crippen molar-refractivity contribution in [3.63, 3.8) is 0 Å². The second-order valence-corrected chi connectivity index (χ2v) is 20.5. The summed E-state index contributed by atoms with van der Waals surface area (Å²) in [5, 5.41) is 6.51. The van der Waals surface area contributed by atoms with Gasteiger partial charge in [-0.1, -0.05) is 74.8 Å². The van der Waals surface area contributed by atoms with E-state index in [2.05, 4.69) is 56.4 Å². The van der Waals surface area contributed by atoms with Gasteiger partial charge in [0.2, 0.25) is 5.91 Å². The zero-order chi connectivity index (χ0) is 35.8. The molecule has 6 rings (SSSR count). The van der Waals surface area contributed by atoms with Crippen LogP contribution in [0, 0.1) is 0 Å². The molecule has 268 valence electrons. The number of benzene rings is 3. The molecule has 11 heteroatoms. The number of nitrogens with zero attached hydrogens (tertiary/aromatic N) is 1. The summed E-state index contributed by atoms with van der Waals surface area (Å²) < 4.78 is 23.8. The molecule has 3 saturated heterocycles. The first-order valence-electron chi connectivity index (χ1n) is 17.6. The fourth-order valence-corrected chi connectivity index (χ4v) is 8.12. The number of amides is 2. The number of fused-ring (bicyclic) bond motifs is 5. The Morgan fingerprint density at radius 2 is 1.68 bits per heavy atom. The van der Waals surface area contributed by atoms with Crippen LogP contribution in [0.25, 0.3) is 11.1 Å². The minimum absolute atomic E-state index is 0.0779. The van der Waals surface area contributed by atoms with Crippen LogP contribution in [-0.4, -0.2) is 69.8 Å². The second-order valence-electron chi connectivity index (χ2n) is 15.3. The molecule has 3 aromatic rings. The molecule has 0 spiro atoms. The van der Waals surface area contributed by atoms with E-state index < -0.39 is 14.4 Å². The number of piperidine rings is 1. The lowest BCUT2D eigenvalue weighted by molar-refractivity contribution is -0.116. The number of hydrogen-bond donors (Lipinski definition) is 2. The minimum Gasteiger partial charge on any atom is -0.496 e. The number of halogens is 1. The van der Waals surface area contributed by atoms with Crippen molar-refractivity contribution < 1.29 is 28.2 Å². The number of likely N-dealkylation sites (N-methyl/N-ethyl adjacent to an activating group) is 1. The second kappa shape index (κ2) is 14.7. The van der Waals surface area contributed by atoms with Crippen molar-refractivity contribution in [1.82, 2.24) is 4.90 Å². The Labute approximate surface area is 302 Å². The number of nitrogens with one attached hydrogen (secondary N) is 2. The number of rotatable bonds is 12. The quantitative estimate of drug-likeness (QED) is 0.143. The molecule has 0 aromatic heterocycles. The maximum atomic E-state index is 13.2. The van der Waals surface area contributed by atoms with Gasteiger partial charge in [-0.15, -0.1) is 0 Å². The average Bonchev–Trinajstić information content (AvgIpc) is 3.83. The highest BCUT2D eigenvalue weighted by Gasteiger charge is 2.62. The number of hydrogen-bond acceptors (Lipinski definition) is 7. The number of carbonyl (C=O) groups excluding carboxylic acids is 2. The van der Waals surface area contributed by atoms with Crippen molar-refractivity contribution in [2.75, 3.05) is 24.8 Å². The van der Waals surface area contributed by atoms with Crippen LogP contribution in [0.2, 0.25) is 23.2 Å². The molecule has 0 unspecified atom stereocenters. The molecule has 0 saturated carbocycles.